The van der Waals surface area contributed by atoms with Crippen LogP contribution in [0.4, 0.5) is 0 Å². The minimum absolute atomic E-state index is 0.454. The number of benzene rings is 1. The van der Waals surface area contributed by atoms with E-state index in [4.69, 9.17) is 0 Å². The van der Waals surface area contributed by atoms with Crippen LogP contribution >= 0.6 is 0 Å². The third kappa shape index (κ3) is 2.22. The SMILES string of the molecule is CC1=Cc2c(CN3CCNCC3)cccc2S1(=O)=O. The first kappa shape index (κ1) is 12.8. The summed E-state index contributed by atoms with van der Waals surface area (Å²) < 4.78 is 24.3. The molecule has 1 N–H and O–H groups in total. The first-order chi connectivity index (χ1) is 9.09. The predicted octanol–water partition coefficient (Wildman–Crippen LogP) is 1.24. The molecular weight excluding hydrogens is 260 g/mol. The van der Waals surface area contributed by atoms with Gasteiger partial charge in [-0.1, -0.05) is 12.1 Å². The van der Waals surface area contributed by atoms with Gasteiger partial charge in [0.25, 0.3) is 0 Å². The molecule has 1 fully saturated rings. The van der Waals surface area contributed by atoms with Crippen LogP contribution in [0.25, 0.3) is 6.08 Å². The van der Waals surface area contributed by atoms with Crippen molar-refractivity contribution in [1.82, 2.24) is 10.2 Å². The standard InChI is InChI=1S/C14H18N2O2S/c1-11-9-13-12(10-16-7-5-15-6-8-16)3-2-4-14(13)19(11,17)18/h2-4,9,15H,5-8,10H2,1H3. The van der Waals surface area contributed by atoms with E-state index in [0.29, 0.717) is 9.80 Å². The zero-order valence-corrected chi connectivity index (χ0v) is 11.8. The van der Waals surface area contributed by atoms with Crippen molar-refractivity contribution >= 4 is 15.9 Å². The monoisotopic (exact) mass is 278 g/mol. The molecule has 0 aliphatic carbocycles. The molecule has 0 amide bonds. The van der Waals surface area contributed by atoms with Crippen LogP contribution in [0.15, 0.2) is 28.0 Å². The zero-order valence-electron chi connectivity index (χ0n) is 11.0. The first-order valence-corrected chi connectivity index (χ1v) is 8.06. The molecule has 4 nitrogen and oxygen atoms in total. The van der Waals surface area contributed by atoms with E-state index in [2.05, 4.69) is 10.2 Å². The van der Waals surface area contributed by atoms with Gasteiger partial charge in [0.15, 0.2) is 0 Å². The molecule has 1 saturated heterocycles. The molecular formula is C14H18N2O2S. The summed E-state index contributed by atoms with van der Waals surface area (Å²) in [6, 6.07) is 5.59. The molecule has 19 heavy (non-hydrogen) atoms. The molecule has 3 rings (SSSR count). The molecule has 2 heterocycles. The Balaban J connectivity index is 1.94. The maximum absolute atomic E-state index is 12.1. The molecule has 1 aromatic rings. The van der Waals surface area contributed by atoms with Crippen LogP contribution in [-0.4, -0.2) is 39.5 Å². The Hall–Kier alpha value is -1.17. The van der Waals surface area contributed by atoms with Crippen LogP contribution in [0.1, 0.15) is 18.1 Å². The van der Waals surface area contributed by atoms with E-state index in [9.17, 15) is 8.42 Å². The van der Waals surface area contributed by atoms with Gasteiger partial charge in [0.05, 0.1) is 4.90 Å². The van der Waals surface area contributed by atoms with E-state index in [0.717, 1.165) is 43.9 Å². The molecule has 2 aliphatic heterocycles. The van der Waals surface area contributed by atoms with E-state index in [1.54, 1.807) is 13.0 Å². The van der Waals surface area contributed by atoms with Crippen molar-refractivity contribution in [3.8, 4) is 0 Å². The van der Waals surface area contributed by atoms with E-state index in [-0.39, 0.29) is 0 Å². The van der Waals surface area contributed by atoms with Crippen LogP contribution in [0.2, 0.25) is 0 Å². The Labute approximate surface area is 114 Å². The molecule has 2 aliphatic rings. The number of sulfone groups is 1. The minimum Gasteiger partial charge on any atom is -0.314 e. The van der Waals surface area contributed by atoms with Gasteiger partial charge in [-0.05, 0) is 30.2 Å². The lowest BCUT2D eigenvalue weighted by Gasteiger charge is -2.27. The average molecular weight is 278 g/mol. The number of fused-ring (bicyclic) bond motifs is 1. The first-order valence-electron chi connectivity index (χ1n) is 6.57. The van der Waals surface area contributed by atoms with Crippen molar-refractivity contribution in [3.63, 3.8) is 0 Å². The number of hydrogen-bond donors (Lipinski definition) is 1. The van der Waals surface area contributed by atoms with Gasteiger partial charge in [0.2, 0.25) is 9.84 Å². The molecule has 0 spiro atoms. The van der Waals surface area contributed by atoms with Gasteiger partial charge in [0, 0.05) is 37.6 Å². The number of piperazine rings is 1. The fraction of sp³-hybridized carbons (Fsp3) is 0.429. The fourth-order valence-electron chi connectivity index (χ4n) is 2.69. The van der Waals surface area contributed by atoms with Crippen LogP contribution in [0, 0.1) is 0 Å². The molecule has 0 saturated carbocycles. The van der Waals surface area contributed by atoms with Crippen molar-refractivity contribution in [3.05, 3.63) is 34.2 Å². The quantitative estimate of drug-likeness (QED) is 0.884. The van der Waals surface area contributed by atoms with Gasteiger partial charge in [-0.3, -0.25) is 4.90 Å². The van der Waals surface area contributed by atoms with Gasteiger partial charge in [-0.15, -0.1) is 0 Å². The van der Waals surface area contributed by atoms with Crippen molar-refractivity contribution in [2.24, 2.45) is 0 Å². The lowest BCUT2D eigenvalue weighted by molar-refractivity contribution is 0.233. The molecule has 1 aromatic carbocycles. The van der Waals surface area contributed by atoms with Crippen LogP contribution < -0.4 is 5.32 Å². The molecule has 102 valence electrons. The third-order valence-corrected chi connectivity index (χ3v) is 5.72. The smallest absolute Gasteiger partial charge is 0.203 e. The van der Waals surface area contributed by atoms with Gasteiger partial charge in [-0.2, -0.15) is 0 Å². The summed E-state index contributed by atoms with van der Waals surface area (Å²) in [4.78, 5) is 3.29. The molecule has 0 radical (unpaired) electrons. The van der Waals surface area contributed by atoms with Gasteiger partial charge in [-0.25, -0.2) is 8.42 Å². The van der Waals surface area contributed by atoms with Crippen molar-refractivity contribution in [2.45, 2.75) is 18.4 Å². The Morgan fingerprint density at radius 1 is 1.26 bits per heavy atom. The van der Waals surface area contributed by atoms with Crippen LogP contribution in [-0.2, 0) is 16.4 Å². The predicted molar refractivity (Wildman–Crippen MR) is 75.4 cm³/mol. The van der Waals surface area contributed by atoms with Crippen molar-refractivity contribution in [2.75, 3.05) is 26.2 Å². The second-order valence-electron chi connectivity index (χ2n) is 5.11. The number of allylic oxidation sites excluding steroid dienone is 1. The fourth-order valence-corrected chi connectivity index (χ4v) is 4.05. The van der Waals surface area contributed by atoms with E-state index in [1.807, 2.05) is 18.2 Å². The Bertz CT molecular complexity index is 629. The summed E-state index contributed by atoms with van der Waals surface area (Å²) in [5.74, 6) is 0. The summed E-state index contributed by atoms with van der Waals surface area (Å²) >= 11 is 0. The highest BCUT2D eigenvalue weighted by atomic mass is 32.2. The van der Waals surface area contributed by atoms with Crippen LogP contribution in [0.3, 0.4) is 0 Å². The highest BCUT2D eigenvalue weighted by Gasteiger charge is 2.28. The highest BCUT2D eigenvalue weighted by molar-refractivity contribution is 7.95. The zero-order chi connectivity index (χ0) is 13.5. The lowest BCUT2D eigenvalue weighted by atomic mass is 10.1. The summed E-state index contributed by atoms with van der Waals surface area (Å²) in [5.41, 5.74) is 2.00. The van der Waals surface area contributed by atoms with Gasteiger partial charge >= 0.3 is 0 Å². The Morgan fingerprint density at radius 2 is 2.00 bits per heavy atom. The van der Waals surface area contributed by atoms with Gasteiger partial charge in [0.1, 0.15) is 0 Å². The third-order valence-electron chi connectivity index (χ3n) is 3.82. The summed E-state index contributed by atoms with van der Waals surface area (Å²) in [6.07, 6.45) is 1.81. The van der Waals surface area contributed by atoms with E-state index in [1.165, 1.54) is 0 Å². The molecule has 0 atom stereocenters. The molecule has 0 bridgehead atoms. The van der Waals surface area contributed by atoms with Crippen molar-refractivity contribution in [1.29, 1.82) is 0 Å². The maximum Gasteiger partial charge on any atom is 0.203 e. The topological polar surface area (TPSA) is 49.4 Å². The largest absolute Gasteiger partial charge is 0.314 e. The second-order valence-corrected chi connectivity index (χ2v) is 7.20. The average Bonchev–Trinajstić information content (AvgIpc) is 2.64. The minimum atomic E-state index is -3.22. The normalized spacial score (nSPS) is 22.1. The number of hydrogen-bond acceptors (Lipinski definition) is 4. The highest BCUT2D eigenvalue weighted by Crippen LogP contribution is 2.34. The number of nitrogens with zero attached hydrogens (tertiary/aromatic N) is 1. The summed E-state index contributed by atoms with van der Waals surface area (Å²) in [6.45, 7) is 6.52. The van der Waals surface area contributed by atoms with Gasteiger partial charge < -0.3 is 5.32 Å². The van der Waals surface area contributed by atoms with E-state index < -0.39 is 9.84 Å². The Morgan fingerprint density at radius 3 is 2.74 bits per heavy atom. The Kier molecular flexibility index (Phi) is 3.20. The lowest BCUT2D eigenvalue weighted by Crippen LogP contribution is -2.43. The molecule has 5 heteroatoms. The van der Waals surface area contributed by atoms with Crippen molar-refractivity contribution < 1.29 is 8.42 Å². The van der Waals surface area contributed by atoms with E-state index >= 15 is 0 Å². The summed E-state index contributed by atoms with van der Waals surface area (Å²) in [5, 5.41) is 3.32. The number of nitrogens with one attached hydrogen (secondary N) is 1. The second kappa shape index (κ2) is 4.74. The summed E-state index contributed by atoms with van der Waals surface area (Å²) in [7, 11) is -3.22. The maximum atomic E-state index is 12.1. The molecule has 0 aromatic heterocycles. The van der Waals surface area contributed by atoms with Crippen LogP contribution in [0.5, 0.6) is 0 Å². The molecule has 0 unspecified atom stereocenters. The number of rotatable bonds is 2.